The molecule has 2 unspecified atom stereocenters. The van der Waals surface area contributed by atoms with Crippen LogP contribution in [0.3, 0.4) is 0 Å². The van der Waals surface area contributed by atoms with Gasteiger partial charge in [-0.15, -0.1) is 0 Å². The second-order valence-corrected chi connectivity index (χ2v) is 6.04. The lowest BCUT2D eigenvalue weighted by atomic mass is 9.97. The van der Waals surface area contributed by atoms with Crippen molar-refractivity contribution in [1.29, 1.82) is 0 Å². The third-order valence-corrected chi connectivity index (χ3v) is 4.28. The van der Waals surface area contributed by atoms with Gasteiger partial charge in [0.05, 0.1) is 13.2 Å². The molecular weight excluding hydrogens is 298 g/mol. The third kappa shape index (κ3) is 4.58. The molecule has 0 fully saturated rings. The first-order valence-corrected chi connectivity index (χ1v) is 8.15. The van der Waals surface area contributed by atoms with Gasteiger partial charge in [0.15, 0.2) is 0 Å². The number of carbonyl (C=O) groups is 1. The van der Waals surface area contributed by atoms with Gasteiger partial charge in [-0.25, -0.2) is 0 Å². The molecule has 1 amide bonds. The molecule has 2 N–H and O–H groups in total. The van der Waals surface area contributed by atoms with E-state index in [0.29, 0.717) is 6.42 Å². The van der Waals surface area contributed by atoms with Crippen LogP contribution < -0.4 is 10.1 Å². The van der Waals surface area contributed by atoms with Crippen LogP contribution in [0.5, 0.6) is 5.75 Å². The van der Waals surface area contributed by atoms with Crippen molar-refractivity contribution < 1.29 is 14.6 Å². The van der Waals surface area contributed by atoms with Crippen molar-refractivity contribution in [1.82, 2.24) is 5.32 Å². The number of carbonyl (C=O) groups excluding carboxylic acids is 1. The number of hydrogen-bond donors (Lipinski definition) is 2. The summed E-state index contributed by atoms with van der Waals surface area (Å²) in [6.07, 6.45) is -0.272. The van der Waals surface area contributed by atoms with Crippen LogP contribution in [0.25, 0.3) is 0 Å². The fourth-order valence-corrected chi connectivity index (χ4v) is 2.92. The lowest BCUT2D eigenvalue weighted by molar-refractivity contribution is -0.121. The van der Waals surface area contributed by atoms with Crippen LogP contribution >= 0.6 is 11.3 Å². The predicted octanol–water partition coefficient (Wildman–Crippen LogP) is 3.10. The van der Waals surface area contributed by atoms with Crippen molar-refractivity contribution in [3.63, 3.8) is 0 Å². The number of amides is 1. The monoisotopic (exact) mass is 319 g/mol. The van der Waals surface area contributed by atoms with Gasteiger partial charge in [-0.2, -0.15) is 11.3 Å². The summed E-state index contributed by atoms with van der Waals surface area (Å²) in [5, 5.41) is 16.5. The SMILES string of the molecule is COc1cccc(C(C)CC(=O)NCC(O)c2ccsc2)c1. The number of nitrogens with one attached hydrogen (secondary N) is 1. The molecule has 0 saturated carbocycles. The second-order valence-electron chi connectivity index (χ2n) is 5.26. The largest absolute Gasteiger partial charge is 0.497 e. The maximum Gasteiger partial charge on any atom is 0.220 e. The van der Waals surface area contributed by atoms with Crippen molar-refractivity contribution >= 4 is 17.2 Å². The zero-order valence-electron chi connectivity index (χ0n) is 12.8. The van der Waals surface area contributed by atoms with Gasteiger partial charge in [-0.1, -0.05) is 19.1 Å². The summed E-state index contributed by atoms with van der Waals surface area (Å²) in [6, 6.07) is 9.59. The third-order valence-electron chi connectivity index (χ3n) is 3.57. The Morgan fingerprint density at radius 1 is 1.36 bits per heavy atom. The molecule has 0 bridgehead atoms. The van der Waals surface area contributed by atoms with E-state index < -0.39 is 6.10 Å². The Morgan fingerprint density at radius 3 is 2.86 bits per heavy atom. The first-order valence-electron chi connectivity index (χ1n) is 7.21. The Balaban J connectivity index is 1.83. The average Bonchev–Trinajstić information content (AvgIpc) is 3.07. The summed E-state index contributed by atoms with van der Waals surface area (Å²) in [5.74, 6) is 0.815. The molecular formula is C17H21NO3S. The van der Waals surface area contributed by atoms with Crippen molar-refractivity contribution in [3.05, 3.63) is 52.2 Å². The fourth-order valence-electron chi connectivity index (χ4n) is 2.21. The normalized spacial score (nSPS) is 13.4. The standard InChI is InChI=1S/C17H21NO3S/c1-12(13-4-3-5-15(9-13)21-2)8-17(20)18-10-16(19)14-6-7-22-11-14/h3-7,9,11-12,16,19H,8,10H2,1-2H3,(H,18,20). The van der Waals surface area contributed by atoms with Gasteiger partial charge >= 0.3 is 0 Å². The van der Waals surface area contributed by atoms with E-state index in [1.807, 2.05) is 48.0 Å². The molecule has 0 aliphatic heterocycles. The average molecular weight is 319 g/mol. The van der Waals surface area contributed by atoms with Gasteiger partial charge in [0.1, 0.15) is 5.75 Å². The lowest BCUT2D eigenvalue weighted by Gasteiger charge is -2.14. The van der Waals surface area contributed by atoms with Crippen LogP contribution in [0.2, 0.25) is 0 Å². The molecule has 2 rings (SSSR count). The summed E-state index contributed by atoms with van der Waals surface area (Å²) in [4.78, 5) is 12.0. The zero-order valence-corrected chi connectivity index (χ0v) is 13.6. The molecule has 0 aliphatic carbocycles. The number of aliphatic hydroxyl groups is 1. The van der Waals surface area contributed by atoms with Gasteiger partial charge in [0, 0.05) is 13.0 Å². The van der Waals surface area contributed by atoms with E-state index in [2.05, 4.69) is 5.32 Å². The van der Waals surface area contributed by atoms with E-state index in [1.165, 1.54) is 11.3 Å². The Bertz CT molecular complexity index is 598. The van der Waals surface area contributed by atoms with Gasteiger partial charge in [0.25, 0.3) is 0 Å². The molecule has 1 heterocycles. The van der Waals surface area contributed by atoms with Crippen molar-refractivity contribution in [2.24, 2.45) is 0 Å². The van der Waals surface area contributed by atoms with Crippen LogP contribution in [0, 0.1) is 0 Å². The number of hydrogen-bond acceptors (Lipinski definition) is 4. The highest BCUT2D eigenvalue weighted by atomic mass is 32.1. The minimum atomic E-state index is -0.651. The summed E-state index contributed by atoms with van der Waals surface area (Å²) >= 11 is 1.53. The molecule has 2 atom stereocenters. The number of thiophene rings is 1. The summed E-state index contributed by atoms with van der Waals surface area (Å²) in [7, 11) is 1.63. The van der Waals surface area contributed by atoms with Gasteiger partial charge in [-0.3, -0.25) is 4.79 Å². The lowest BCUT2D eigenvalue weighted by Crippen LogP contribution is -2.29. The molecule has 0 spiro atoms. The van der Waals surface area contributed by atoms with E-state index in [4.69, 9.17) is 4.74 Å². The van der Waals surface area contributed by atoms with E-state index in [9.17, 15) is 9.90 Å². The molecule has 1 aromatic carbocycles. The molecule has 1 aromatic heterocycles. The number of ether oxygens (including phenoxy) is 1. The van der Waals surface area contributed by atoms with Gasteiger partial charge in [0.2, 0.25) is 5.91 Å². The molecule has 5 heteroatoms. The number of rotatable bonds is 7. The van der Waals surface area contributed by atoms with Crippen LogP contribution in [-0.2, 0) is 4.79 Å². The van der Waals surface area contributed by atoms with E-state index in [-0.39, 0.29) is 18.4 Å². The minimum Gasteiger partial charge on any atom is -0.497 e. The smallest absolute Gasteiger partial charge is 0.220 e. The maximum atomic E-state index is 12.0. The van der Waals surface area contributed by atoms with Crippen LogP contribution in [0.1, 0.15) is 36.5 Å². The first-order chi connectivity index (χ1) is 10.6. The molecule has 22 heavy (non-hydrogen) atoms. The Morgan fingerprint density at radius 2 is 2.18 bits per heavy atom. The molecule has 0 aliphatic rings. The Hall–Kier alpha value is -1.85. The van der Waals surface area contributed by atoms with E-state index in [1.54, 1.807) is 7.11 Å². The minimum absolute atomic E-state index is 0.0652. The summed E-state index contributed by atoms with van der Waals surface area (Å²) < 4.78 is 5.20. The highest BCUT2D eigenvalue weighted by molar-refractivity contribution is 7.07. The summed E-state index contributed by atoms with van der Waals surface area (Å²) in [6.45, 7) is 2.24. The highest BCUT2D eigenvalue weighted by Gasteiger charge is 2.14. The number of aliphatic hydroxyl groups excluding tert-OH is 1. The fraction of sp³-hybridized carbons (Fsp3) is 0.353. The highest BCUT2D eigenvalue weighted by Crippen LogP contribution is 2.23. The van der Waals surface area contributed by atoms with E-state index >= 15 is 0 Å². The molecule has 0 radical (unpaired) electrons. The molecule has 0 saturated heterocycles. The molecule has 2 aromatic rings. The molecule has 118 valence electrons. The second kappa shape index (κ2) is 7.96. The van der Waals surface area contributed by atoms with Crippen molar-refractivity contribution in [2.45, 2.75) is 25.4 Å². The quantitative estimate of drug-likeness (QED) is 0.824. The van der Waals surface area contributed by atoms with Gasteiger partial charge < -0.3 is 15.2 Å². The Kier molecular flexibility index (Phi) is 5.98. The molecule has 4 nitrogen and oxygen atoms in total. The Labute approximate surface area is 134 Å². The van der Waals surface area contributed by atoms with Gasteiger partial charge in [-0.05, 0) is 46.0 Å². The van der Waals surface area contributed by atoms with Crippen molar-refractivity contribution in [2.75, 3.05) is 13.7 Å². The zero-order chi connectivity index (χ0) is 15.9. The first kappa shape index (κ1) is 16.5. The summed E-state index contributed by atoms with van der Waals surface area (Å²) in [5.41, 5.74) is 1.90. The topological polar surface area (TPSA) is 58.6 Å². The van der Waals surface area contributed by atoms with Crippen LogP contribution in [0.15, 0.2) is 41.1 Å². The van der Waals surface area contributed by atoms with Crippen molar-refractivity contribution in [3.8, 4) is 5.75 Å². The number of benzene rings is 1. The van der Waals surface area contributed by atoms with E-state index in [0.717, 1.165) is 16.9 Å². The van der Waals surface area contributed by atoms with Crippen LogP contribution in [0.4, 0.5) is 0 Å². The predicted molar refractivity (Wildman–Crippen MR) is 88.3 cm³/mol. The maximum absolute atomic E-state index is 12.0. The number of methoxy groups -OCH3 is 1. The van der Waals surface area contributed by atoms with Crippen LogP contribution in [-0.4, -0.2) is 24.7 Å².